The maximum atomic E-state index is 13.1. The minimum Gasteiger partial charge on any atom is -0.491 e. The van der Waals surface area contributed by atoms with E-state index in [9.17, 15) is 9.18 Å². The smallest absolute Gasteiger partial charge is 0.238 e. The van der Waals surface area contributed by atoms with E-state index in [4.69, 9.17) is 10.5 Å². The standard InChI is InChI=1S/C13H19FN2O2/c1-8(2)16-11(13(15)17)7-18-12-6-10(14)5-4-9(12)3/h4-6,8,11,16H,7H2,1-3H3,(H2,15,17). The Morgan fingerprint density at radius 2 is 2.17 bits per heavy atom. The van der Waals surface area contributed by atoms with Crippen molar-refractivity contribution in [2.75, 3.05) is 6.61 Å². The van der Waals surface area contributed by atoms with Gasteiger partial charge in [-0.25, -0.2) is 4.39 Å². The van der Waals surface area contributed by atoms with Crippen LogP contribution in [0.1, 0.15) is 19.4 Å². The lowest BCUT2D eigenvalue weighted by Gasteiger charge is -2.19. The summed E-state index contributed by atoms with van der Waals surface area (Å²) in [6.45, 7) is 5.70. The summed E-state index contributed by atoms with van der Waals surface area (Å²) in [5, 5.41) is 2.99. The van der Waals surface area contributed by atoms with Crippen LogP contribution < -0.4 is 15.8 Å². The summed E-state index contributed by atoms with van der Waals surface area (Å²) in [5.74, 6) is -0.437. The van der Waals surface area contributed by atoms with Crippen molar-refractivity contribution < 1.29 is 13.9 Å². The zero-order valence-corrected chi connectivity index (χ0v) is 10.9. The van der Waals surface area contributed by atoms with E-state index in [1.54, 1.807) is 6.07 Å². The van der Waals surface area contributed by atoms with Gasteiger partial charge in [-0.15, -0.1) is 0 Å². The summed E-state index contributed by atoms with van der Waals surface area (Å²) in [7, 11) is 0. The van der Waals surface area contributed by atoms with Crippen molar-refractivity contribution in [1.29, 1.82) is 0 Å². The first-order valence-corrected chi connectivity index (χ1v) is 5.84. The molecule has 1 atom stereocenters. The SMILES string of the molecule is Cc1ccc(F)cc1OCC(NC(C)C)C(N)=O. The molecule has 1 rings (SSSR count). The summed E-state index contributed by atoms with van der Waals surface area (Å²) >= 11 is 0. The predicted molar refractivity (Wildman–Crippen MR) is 67.9 cm³/mol. The van der Waals surface area contributed by atoms with Crippen LogP contribution in [0.2, 0.25) is 0 Å². The fourth-order valence-corrected chi connectivity index (χ4v) is 1.52. The molecule has 0 aromatic heterocycles. The monoisotopic (exact) mass is 254 g/mol. The van der Waals surface area contributed by atoms with Crippen molar-refractivity contribution in [3.05, 3.63) is 29.6 Å². The number of amides is 1. The molecule has 4 nitrogen and oxygen atoms in total. The van der Waals surface area contributed by atoms with Crippen LogP contribution in [0.4, 0.5) is 4.39 Å². The van der Waals surface area contributed by atoms with Gasteiger partial charge in [0.2, 0.25) is 5.91 Å². The third kappa shape index (κ3) is 4.33. The topological polar surface area (TPSA) is 64.3 Å². The normalized spacial score (nSPS) is 12.5. The first-order valence-electron chi connectivity index (χ1n) is 5.84. The van der Waals surface area contributed by atoms with Crippen molar-refractivity contribution in [2.24, 2.45) is 5.73 Å². The van der Waals surface area contributed by atoms with Crippen molar-refractivity contribution in [1.82, 2.24) is 5.32 Å². The second-order valence-corrected chi connectivity index (χ2v) is 4.50. The van der Waals surface area contributed by atoms with Crippen LogP contribution in [0.15, 0.2) is 18.2 Å². The molecule has 0 aliphatic rings. The molecule has 0 aliphatic heterocycles. The number of hydrogen-bond acceptors (Lipinski definition) is 3. The summed E-state index contributed by atoms with van der Waals surface area (Å²) < 4.78 is 18.5. The van der Waals surface area contributed by atoms with E-state index in [-0.39, 0.29) is 18.5 Å². The maximum Gasteiger partial charge on any atom is 0.238 e. The Bertz CT molecular complexity index is 421. The largest absolute Gasteiger partial charge is 0.491 e. The second kappa shape index (κ2) is 6.35. The molecule has 0 heterocycles. The van der Waals surface area contributed by atoms with Gasteiger partial charge in [-0.2, -0.15) is 0 Å². The minimum absolute atomic E-state index is 0.0812. The van der Waals surface area contributed by atoms with Crippen molar-refractivity contribution in [3.63, 3.8) is 0 Å². The summed E-state index contributed by atoms with van der Waals surface area (Å²) in [4.78, 5) is 11.2. The van der Waals surface area contributed by atoms with E-state index >= 15 is 0 Å². The number of carbonyl (C=O) groups is 1. The fraction of sp³-hybridized carbons (Fsp3) is 0.462. The minimum atomic E-state index is -0.590. The number of aryl methyl sites for hydroxylation is 1. The lowest BCUT2D eigenvalue weighted by atomic mass is 10.2. The van der Waals surface area contributed by atoms with Gasteiger partial charge in [0.05, 0.1) is 0 Å². The second-order valence-electron chi connectivity index (χ2n) is 4.50. The van der Waals surface area contributed by atoms with Crippen molar-refractivity contribution in [3.8, 4) is 5.75 Å². The lowest BCUT2D eigenvalue weighted by molar-refractivity contribution is -0.120. The molecule has 0 aliphatic carbocycles. The number of hydrogen-bond donors (Lipinski definition) is 2. The maximum absolute atomic E-state index is 13.1. The van der Waals surface area contributed by atoms with Gasteiger partial charge in [-0.3, -0.25) is 4.79 Å². The van der Waals surface area contributed by atoms with Crippen LogP contribution >= 0.6 is 0 Å². The molecule has 0 saturated carbocycles. The molecule has 100 valence electrons. The van der Waals surface area contributed by atoms with Crippen molar-refractivity contribution in [2.45, 2.75) is 32.9 Å². The van der Waals surface area contributed by atoms with Gasteiger partial charge in [-0.05, 0) is 18.6 Å². The Kier molecular flexibility index (Phi) is 5.09. The number of nitrogens with two attached hydrogens (primary N) is 1. The Morgan fingerprint density at radius 3 is 2.72 bits per heavy atom. The molecule has 1 amide bonds. The van der Waals surface area contributed by atoms with E-state index < -0.39 is 11.9 Å². The van der Waals surface area contributed by atoms with E-state index in [2.05, 4.69) is 5.32 Å². The molecule has 5 heteroatoms. The molecular weight excluding hydrogens is 235 g/mol. The third-order valence-electron chi connectivity index (χ3n) is 2.43. The van der Waals surface area contributed by atoms with Crippen LogP contribution in [0.3, 0.4) is 0 Å². The molecule has 1 aromatic rings. The van der Waals surface area contributed by atoms with E-state index in [1.807, 2.05) is 20.8 Å². The number of rotatable bonds is 6. The van der Waals surface area contributed by atoms with Crippen LogP contribution in [0.25, 0.3) is 0 Å². The number of nitrogens with one attached hydrogen (secondary N) is 1. The molecule has 0 fully saturated rings. The number of benzene rings is 1. The highest BCUT2D eigenvalue weighted by atomic mass is 19.1. The van der Waals surface area contributed by atoms with Gasteiger partial charge in [0.15, 0.2) is 0 Å². The highest BCUT2D eigenvalue weighted by Crippen LogP contribution is 2.18. The molecule has 0 saturated heterocycles. The number of primary amides is 1. The average molecular weight is 254 g/mol. The summed E-state index contributed by atoms with van der Waals surface area (Å²) in [6, 6.07) is 3.80. The number of carbonyl (C=O) groups excluding carboxylic acids is 1. The number of ether oxygens (including phenoxy) is 1. The molecule has 18 heavy (non-hydrogen) atoms. The predicted octanol–water partition coefficient (Wildman–Crippen LogP) is 1.36. The average Bonchev–Trinajstić information content (AvgIpc) is 2.27. The van der Waals surface area contributed by atoms with Gasteiger partial charge < -0.3 is 15.8 Å². The van der Waals surface area contributed by atoms with Crippen LogP contribution in [-0.4, -0.2) is 24.6 Å². The molecule has 0 spiro atoms. The Balaban J connectivity index is 2.66. The van der Waals surface area contributed by atoms with Gasteiger partial charge in [0.1, 0.15) is 24.2 Å². The molecule has 0 radical (unpaired) electrons. The van der Waals surface area contributed by atoms with Crippen LogP contribution in [-0.2, 0) is 4.79 Å². The van der Waals surface area contributed by atoms with E-state index in [0.29, 0.717) is 5.75 Å². The zero-order chi connectivity index (χ0) is 13.7. The Labute approximate surface area is 106 Å². The molecule has 1 unspecified atom stereocenters. The quantitative estimate of drug-likeness (QED) is 0.805. The van der Waals surface area contributed by atoms with Gasteiger partial charge in [-0.1, -0.05) is 19.9 Å². The highest BCUT2D eigenvalue weighted by Gasteiger charge is 2.17. The summed E-state index contributed by atoms with van der Waals surface area (Å²) in [5.41, 5.74) is 6.07. The first-order chi connectivity index (χ1) is 8.40. The Hall–Kier alpha value is -1.62. The highest BCUT2D eigenvalue weighted by molar-refractivity contribution is 5.80. The molecule has 0 bridgehead atoms. The van der Waals surface area contributed by atoms with Gasteiger partial charge in [0.25, 0.3) is 0 Å². The molecule has 1 aromatic carbocycles. The third-order valence-corrected chi connectivity index (χ3v) is 2.43. The van der Waals surface area contributed by atoms with Crippen LogP contribution in [0, 0.1) is 12.7 Å². The van der Waals surface area contributed by atoms with E-state index in [1.165, 1.54) is 12.1 Å². The molecule has 3 N–H and O–H groups in total. The van der Waals surface area contributed by atoms with Crippen LogP contribution in [0.5, 0.6) is 5.75 Å². The zero-order valence-electron chi connectivity index (χ0n) is 10.9. The Morgan fingerprint density at radius 1 is 1.50 bits per heavy atom. The van der Waals surface area contributed by atoms with Gasteiger partial charge >= 0.3 is 0 Å². The van der Waals surface area contributed by atoms with Gasteiger partial charge in [0, 0.05) is 12.1 Å². The molecular formula is C13H19FN2O2. The number of halogens is 1. The van der Waals surface area contributed by atoms with E-state index in [0.717, 1.165) is 5.56 Å². The lowest BCUT2D eigenvalue weighted by Crippen LogP contribution is -2.48. The fourth-order valence-electron chi connectivity index (χ4n) is 1.52. The van der Waals surface area contributed by atoms with Crippen molar-refractivity contribution >= 4 is 5.91 Å². The first kappa shape index (κ1) is 14.4. The summed E-state index contributed by atoms with van der Waals surface area (Å²) in [6.07, 6.45) is 0.